The fourth-order valence-electron chi connectivity index (χ4n) is 1.55. The van der Waals surface area contributed by atoms with Crippen LogP contribution in [0.2, 0.25) is 0 Å². The van der Waals surface area contributed by atoms with Gasteiger partial charge in [-0.15, -0.1) is 0 Å². The van der Waals surface area contributed by atoms with Crippen molar-refractivity contribution >= 4 is 18.8 Å². The lowest BCUT2D eigenvalue weighted by molar-refractivity contribution is 0.100. The fourth-order valence-corrected chi connectivity index (χ4v) is 3.01. The maximum atomic E-state index is 12.3. The van der Waals surface area contributed by atoms with Crippen LogP contribution in [0.15, 0.2) is 24.3 Å². The second kappa shape index (κ2) is 6.85. The molecule has 0 saturated heterocycles. The Bertz CT molecular complexity index is 460. The van der Waals surface area contributed by atoms with E-state index in [0.29, 0.717) is 5.56 Å². The Hall–Kier alpha value is -1.16. The molecule has 1 aromatic rings. The third kappa shape index (κ3) is 3.90. The lowest BCUT2D eigenvalue weighted by atomic mass is 10.2. The molecule has 6 heteroatoms. The Morgan fingerprint density at radius 3 is 1.95 bits per heavy atom. The van der Waals surface area contributed by atoms with Crippen LogP contribution in [-0.2, 0) is 13.6 Å². The van der Waals surface area contributed by atoms with Crippen LogP contribution in [0.3, 0.4) is 0 Å². The molecule has 19 heavy (non-hydrogen) atoms. The molecule has 0 fully saturated rings. The average molecular weight is 285 g/mol. The van der Waals surface area contributed by atoms with Gasteiger partial charge in [-0.3, -0.25) is 9.36 Å². The molecule has 0 saturated carbocycles. The van der Waals surface area contributed by atoms with E-state index in [1.54, 1.807) is 38.1 Å². The fraction of sp³-hybridized carbons (Fsp3) is 0.462. The van der Waals surface area contributed by atoms with E-state index in [1.807, 2.05) is 19.0 Å². The highest BCUT2D eigenvalue weighted by atomic mass is 31.2. The summed E-state index contributed by atoms with van der Waals surface area (Å²) in [6, 6.07) is 6.83. The average Bonchev–Trinajstić information content (AvgIpc) is 2.38. The molecule has 0 spiro atoms. The van der Waals surface area contributed by atoms with Crippen molar-refractivity contribution < 1.29 is 18.4 Å². The number of hydrogen-bond donors (Lipinski definition) is 0. The molecule has 0 aliphatic rings. The molecule has 5 nitrogen and oxygen atoms in total. The van der Waals surface area contributed by atoms with E-state index in [1.165, 1.54) is 0 Å². The van der Waals surface area contributed by atoms with Crippen molar-refractivity contribution in [2.75, 3.05) is 32.2 Å². The number of carbonyl (C=O) groups is 1. The van der Waals surface area contributed by atoms with Crippen LogP contribution in [0, 0.1) is 0 Å². The zero-order chi connectivity index (χ0) is 14.5. The maximum Gasteiger partial charge on any atom is 0.401 e. The van der Waals surface area contributed by atoms with Gasteiger partial charge >= 0.3 is 7.60 Å². The van der Waals surface area contributed by atoms with E-state index in [-0.39, 0.29) is 13.2 Å². The summed E-state index contributed by atoms with van der Waals surface area (Å²) in [5, 5.41) is 0. The van der Waals surface area contributed by atoms with E-state index in [4.69, 9.17) is 9.05 Å². The monoisotopic (exact) mass is 285 g/mol. The number of anilines is 1. The quantitative estimate of drug-likeness (QED) is 0.720. The summed E-state index contributed by atoms with van der Waals surface area (Å²) in [6.07, 6.45) is 0. The van der Waals surface area contributed by atoms with Crippen LogP contribution in [0.5, 0.6) is 0 Å². The van der Waals surface area contributed by atoms with Gasteiger partial charge in [0.2, 0.25) is 0 Å². The number of hydrogen-bond acceptors (Lipinski definition) is 5. The first kappa shape index (κ1) is 15.9. The van der Waals surface area contributed by atoms with Gasteiger partial charge in [0.1, 0.15) is 0 Å². The predicted molar refractivity (Wildman–Crippen MR) is 76.0 cm³/mol. The Kier molecular flexibility index (Phi) is 5.73. The second-order valence-corrected chi connectivity index (χ2v) is 6.00. The number of benzene rings is 1. The first-order valence-electron chi connectivity index (χ1n) is 6.16. The molecule has 0 aliphatic carbocycles. The highest BCUT2D eigenvalue weighted by Crippen LogP contribution is 2.51. The zero-order valence-corrected chi connectivity index (χ0v) is 12.6. The van der Waals surface area contributed by atoms with Crippen LogP contribution >= 0.6 is 7.60 Å². The van der Waals surface area contributed by atoms with Crippen molar-refractivity contribution in [3.05, 3.63) is 29.8 Å². The third-order valence-electron chi connectivity index (χ3n) is 2.48. The third-order valence-corrected chi connectivity index (χ3v) is 4.43. The maximum absolute atomic E-state index is 12.3. The van der Waals surface area contributed by atoms with Crippen molar-refractivity contribution in [3.63, 3.8) is 0 Å². The molecule has 0 aliphatic heterocycles. The van der Waals surface area contributed by atoms with Crippen molar-refractivity contribution in [2.24, 2.45) is 0 Å². The topological polar surface area (TPSA) is 55.8 Å². The highest BCUT2D eigenvalue weighted by molar-refractivity contribution is 7.72. The van der Waals surface area contributed by atoms with Crippen molar-refractivity contribution in [3.8, 4) is 0 Å². The van der Waals surface area contributed by atoms with Gasteiger partial charge in [-0.2, -0.15) is 0 Å². The van der Waals surface area contributed by atoms with Crippen molar-refractivity contribution in [2.45, 2.75) is 13.8 Å². The smallest absolute Gasteiger partial charge is 0.378 e. The van der Waals surface area contributed by atoms with Gasteiger partial charge in [0.15, 0.2) is 0 Å². The Balaban J connectivity index is 3.00. The lowest BCUT2D eigenvalue weighted by Crippen LogP contribution is -2.10. The lowest BCUT2D eigenvalue weighted by Gasteiger charge is -2.16. The minimum Gasteiger partial charge on any atom is -0.378 e. The minimum absolute atomic E-state index is 0.165. The highest BCUT2D eigenvalue weighted by Gasteiger charge is 2.34. The molecule has 106 valence electrons. The van der Waals surface area contributed by atoms with Gasteiger partial charge < -0.3 is 13.9 Å². The van der Waals surface area contributed by atoms with Gasteiger partial charge in [-0.05, 0) is 38.1 Å². The summed E-state index contributed by atoms with van der Waals surface area (Å²) in [5.74, 6) is 0. The second-order valence-electron chi connectivity index (χ2n) is 4.08. The van der Waals surface area contributed by atoms with E-state index >= 15 is 0 Å². The van der Waals surface area contributed by atoms with Crippen LogP contribution in [-0.4, -0.2) is 32.8 Å². The number of nitrogens with zero attached hydrogens (tertiary/aromatic N) is 1. The van der Waals surface area contributed by atoms with Crippen LogP contribution in [0.4, 0.5) is 5.69 Å². The van der Waals surface area contributed by atoms with Crippen LogP contribution < -0.4 is 4.90 Å². The van der Waals surface area contributed by atoms with E-state index in [2.05, 4.69) is 0 Å². The molecular weight excluding hydrogens is 265 g/mol. The first-order valence-corrected chi connectivity index (χ1v) is 7.70. The number of rotatable bonds is 7. The van der Waals surface area contributed by atoms with Gasteiger partial charge in [-0.25, -0.2) is 0 Å². The zero-order valence-electron chi connectivity index (χ0n) is 11.8. The summed E-state index contributed by atoms with van der Waals surface area (Å²) >= 11 is 0. The molecule has 0 bridgehead atoms. The van der Waals surface area contributed by atoms with E-state index in [9.17, 15) is 9.36 Å². The molecule has 0 atom stereocenters. The predicted octanol–water partition coefficient (Wildman–Crippen LogP) is 3.16. The molecule has 1 aromatic carbocycles. The van der Waals surface area contributed by atoms with Crippen LogP contribution in [0.1, 0.15) is 24.2 Å². The summed E-state index contributed by atoms with van der Waals surface area (Å²) in [6.45, 7) is 3.68. The standard InChI is InChI=1S/C13H20NO4P/c1-5-17-19(16,18-6-2)13(15)11-7-9-12(10-8-11)14(3)4/h7-10H,5-6H2,1-4H3. The SMILES string of the molecule is CCOP(=O)(OCC)C(=O)c1ccc(N(C)C)cc1. The molecule has 1 rings (SSSR count). The Morgan fingerprint density at radius 2 is 1.58 bits per heavy atom. The Labute approximate surface area is 114 Å². The molecular formula is C13H20NO4P. The van der Waals surface area contributed by atoms with E-state index in [0.717, 1.165) is 5.69 Å². The van der Waals surface area contributed by atoms with Crippen molar-refractivity contribution in [1.29, 1.82) is 0 Å². The van der Waals surface area contributed by atoms with Gasteiger partial charge in [0.25, 0.3) is 5.52 Å². The molecule has 0 unspecified atom stereocenters. The molecule has 0 heterocycles. The molecule has 0 amide bonds. The summed E-state index contributed by atoms with van der Waals surface area (Å²) in [4.78, 5) is 14.1. The molecule has 0 aromatic heterocycles. The minimum atomic E-state index is -3.72. The first-order chi connectivity index (χ1) is 8.94. The van der Waals surface area contributed by atoms with Gasteiger partial charge in [0.05, 0.1) is 13.2 Å². The normalized spacial score (nSPS) is 11.4. The summed E-state index contributed by atoms with van der Waals surface area (Å²) in [7, 11) is 0.0861. The molecule has 0 radical (unpaired) electrons. The van der Waals surface area contributed by atoms with Gasteiger partial charge in [-0.1, -0.05) is 0 Å². The number of carbonyl (C=O) groups excluding carboxylic acids is 1. The van der Waals surface area contributed by atoms with E-state index < -0.39 is 13.1 Å². The van der Waals surface area contributed by atoms with Crippen molar-refractivity contribution in [1.82, 2.24) is 0 Å². The van der Waals surface area contributed by atoms with Gasteiger partial charge in [0, 0.05) is 25.3 Å². The van der Waals surface area contributed by atoms with Crippen LogP contribution in [0.25, 0.3) is 0 Å². The Morgan fingerprint density at radius 1 is 1.11 bits per heavy atom. The largest absolute Gasteiger partial charge is 0.401 e. The summed E-state index contributed by atoms with van der Waals surface area (Å²) in [5.41, 5.74) is 0.691. The summed E-state index contributed by atoms with van der Waals surface area (Å²) < 4.78 is 22.4. The molecule has 0 N–H and O–H groups in total.